The summed E-state index contributed by atoms with van der Waals surface area (Å²) in [7, 11) is 1.74. The van der Waals surface area contributed by atoms with Crippen molar-refractivity contribution in [1.29, 1.82) is 0 Å². The zero-order valence-corrected chi connectivity index (χ0v) is 11.2. The van der Waals surface area contributed by atoms with Crippen molar-refractivity contribution in [2.45, 2.75) is 34.2 Å². The molecule has 0 radical (unpaired) electrons. The van der Waals surface area contributed by atoms with Crippen LogP contribution in [0.3, 0.4) is 0 Å². The van der Waals surface area contributed by atoms with Gasteiger partial charge in [-0.05, 0) is 12.3 Å². The summed E-state index contributed by atoms with van der Waals surface area (Å²) in [4.78, 5) is 13.3. The highest BCUT2D eigenvalue weighted by Gasteiger charge is 2.15. The fourth-order valence-corrected chi connectivity index (χ4v) is 1.28. The first-order chi connectivity index (χ1) is 7.78. The smallest absolute Gasteiger partial charge is 0.317 e. The molecule has 0 aromatic carbocycles. The fourth-order valence-electron chi connectivity index (χ4n) is 1.28. The van der Waals surface area contributed by atoms with Crippen molar-refractivity contribution >= 4 is 6.03 Å². The number of aromatic nitrogens is 1. The van der Waals surface area contributed by atoms with Crippen molar-refractivity contribution in [3.63, 3.8) is 0 Å². The van der Waals surface area contributed by atoms with E-state index in [-0.39, 0.29) is 11.4 Å². The second-order valence-electron chi connectivity index (χ2n) is 5.50. The first-order valence-electron chi connectivity index (χ1n) is 5.69. The number of carbonyl (C=O) groups is 1. The molecule has 0 saturated heterocycles. The van der Waals surface area contributed by atoms with E-state index in [0.29, 0.717) is 13.1 Å². The lowest BCUT2D eigenvalue weighted by Gasteiger charge is -2.22. The molecule has 17 heavy (non-hydrogen) atoms. The van der Waals surface area contributed by atoms with Crippen molar-refractivity contribution in [1.82, 2.24) is 15.4 Å². The molecule has 0 aliphatic heterocycles. The average molecular weight is 239 g/mol. The van der Waals surface area contributed by atoms with Gasteiger partial charge in [0.25, 0.3) is 0 Å². The summed E-state index contributed by atoms with van der Waals surface area (Å²) in [6.45, 7) is 9.16. The average Bonchev–Trinajstić information content (AvgIpc) is 2.59. The van der Waals surface area contributed by atoms with Crippen LogP contribution in [0.5, 0.6) is 0 Å². The van der Waals surface area contributed by atoms with Gasteiger partial charge in [0.05, 0.1) is 6.54 Å². The lowest BCUT2D eigenvalue weighted by atomic mass is 9.97. The van der Waals surface area contributed by atoms with Gasteiger partial charge in [-0.25, -0.2) is 4.79 Å². The highest BCUT2D eigenvalue weighted by molar-refractivity contribution is 5.73. The molecule has 0 aliphatic rings. The number of nitrogens with one attached hydrogen (secondary N) is 1. The number of urea groups is 1. The van der Waals surface area contributed by atoms with Crippen LogP contribution in [0.15, 0.2) is 10.6 Å². The quantitative estimate of drug-likeness (QED) is 0.879. The third-order valence-electron chi connectivity index (χ3n) is 2.19. The minimum absolute atomic E-state index is 0.0843. The highest BCUT2D eigenvalue weighted by atomic mass is 16.5. The largest absolute Gasteiger partial charge is 0.361 e. The molecule has 2 amide bonds. The van der Waals surface area contributed by atoms with Crippen LogP contribution in [-0.2, 0) is 6.54 Å². The summed E-state index contributed by atoms with van der Waals surface area (Å²) >= 11 is 0. The Kier molecular flexibility index (Phi) is 4.15. The molecule has 1 aromatic heterocycles. The van der Waals surface area contributed by atoms with Crippen LogP contribution in [-0.4, -0.2) is 29.7 Å². The number of nitrogens with zero attached hydrogens (tertiary/aromatic N) is 2. The molecule has 0 fully saturated rings. The maximum Gasteiger partial charge on any atom is 0.317 e. The van der Waals surface area contributed by atoms with Crippen molar-refractivity contribution in [2.24, 2.45) is 5.41 Å². The van der Waals surface area contributed by atoms with Gasteiger partial charge in [0, 0.05) is 19.7 Å². The van der Waals surface area contributed by atoms with Crippen LogP contribution in [0.1, 0.15) is 32.2 Å². The third-order valence-corrected chi connectivity index (χ3v) is 2.19. The Balaban J connectivity index is 2.42. The Morgan fingerprint density at radius 2 is 2.18 bits per heavy atom. The summed E-state index contributed by atoms with van der Waals surface area (Å²) in [5.41, 5.74) is 0.844. The Morgan fingerprint density at radius 3 is 2.65 bits per heavy atom. The molecule has 5 heteroatoms. The van der Waals surface area contributed by atoms with Crippen LogP contribution in [0.4, 0.5) is 4.79 Å². The molecule has 0 atom stereocenters. The minimum atomic E-state index is -0.0967. The van der Waals surface area contributed by atoms with Crippen molar-refractivity contribution in [2.75, 3.05) is 13.6 Å². The second-order valence-corrected chi connectivity index (χ2v) is 5.50. The topological polar surface area (TPSA) is 58.4 Å². The lowest BCUT2D eigenvalue weighted by molar-refractivity contribution is 0.200. The number of hydrogen-bond acceptors (Lipinski definition) is 3. The standard InChI is InChI=1S/C12H21N3O2/c1-9-6-10(14-17-9)7-15(5)11(16)13-8-12(2,3)4/h6H,7-8H2,1-5H3,(H,13,16). The van der Waals surface area contributed by atoms with E-state index in [9.17, 15) is 4.79 Å². The molecule has 0 saturated carbocycles. The number of carbonyl (C=O) groups excluding carboxylic acids is 1. The van der Waals surface area contributed by atoms with Gasteiger partial charge in [-0.15, -0.1) is 0 Å². The highest BCUT2D eigenvalue weighted by Crippen LogP contribution is 2.10. The Bertz CT molecular complexity index is 379. The summed E-state index contributed by atoms with van der Waals surface area (Å²) < 4.78 is 4.95. The summed E-state index contributed by atoms with van der Waals surface area (Å²) in [5.74, 6) is 0.753. The van der Waals surface area contributed by atoms with E-state index in [4.69, 9.17) is 4.52 Å². The van der Waals surface area contributed by atoms with Gasteiger partial charge in [0.2, 0.25) is 0 Å². The van der Waals surface area contributed by atoms with Crippen LogP contribution < -0.4 is 5.32 Å². The first kappa shape index (κ1) is 13.5. The van der Waals surface area contributed by atoms with Crippen molar-refractivity contribution in [3.8, 4) is 0 Å². The first-order valence-corrected chi connectivity index (χ1v) is 5.69. The van der Waals surface area contributed by atoms with Crippen molar-refractivity contribution in [3.05, 3.63) is 17.5 Å². The Morgan fingerprint density at radius 1 is 1.53 bits per heavy atom. The van der Waals surface area contributed by atoms with E-state index in [1.54, 1.807) is 11.9 Å². The van der Waals surface area contributed by atoms with Gasteiger partial charge in [-0.3, -0.25) is 0 Å². The SMILES string of the molecule is Cc1cc(CN(C)C(=O)NCC(C)(C)C)no1. The van der Waals surface area contributed by atoms with Gasteiger partial charge in [0.1, 0.15) is 11.5 Å². The molecule has 5 nitrogen and oxygen atoms in total. The molecule has 0 bridgehead atoms. The van der Waals surface area contributed by atoms with E-state index in [1.165, 1.54) is 0 Å². The summed E-state index contributed by atoms with van der Waals surface area (Å²) in [5, 5.41) is 6.73. The summed E-state index contributed by atoms with van der Waals surface area (Å²) in [6.07, 6.45) is 0. The maximum absolute atomic E-state index is 11.8. The molecular weight excluding hydrogens is 218 g/mol. The van der Waals surface area contributed by atoms with Crippen LogP contribution >= 0.6 is 0 Å². The molecule has 1 rings (SSSR count). The number of hydrogen-bond donors (Lipinski definition) is 1. The Hall–Kier alpha value is -1.52. The van der Waals surface area contributed by atoms with E-state index < -0.39 is 0 Å². The van der Waals surface area contributed by atoms with Crippen LogP contribution in [0, 0.1) is 12.3 Å². The molecule has 96 valence electrons. The van der Waals surface area contributed by atoms with Crippen LogP contribution in [0.25, 0.3) is 0 Å². The normalized spacial score (nSPS) is 11.4. The molecule has 1 heterocycles. The van der Waals surface area contributed by atoms with E-state index in [1.807, 2.05) is 13.0 Å². The van der Waals surface area contributed by atoms with E-state index in [2.05, 4.69) is 31.2 Å². The molecule has 1 aromatic rings. The van der Waals surface area contributed by atoms with Gasteiger partial charge in [-0.2, -0.15) is 0 Å². The van der Waals surface area contributed by atoms with Gasteiger partial charge >= 0.3 is 6.03 Å². The van der Waals surface area contributed by atoms with Crippen molar-refractivity contribution < 1.29 is 9.32 Å². The molecule has 0 aliphatic carbocycles. The lowest BCUT2D eigenvalue weighted by Crippen LogP contribution is -2.40. The number of aryl methyl sites for hydroxylation is 1. The van der Waals surface area contributed by atoms with Crippen LogP contribution in [0.2, 0.25) is 0 Å². The number of amides is 2. The Labute approximate surface area is 102 Å². The predicted octanol–water partition coefficient (Wildman–Crippen LogP) is 2.17. The fraction of sp³-hybridized carbons (Fsp3) is 0.667. The minimum Gasteiger partial charge on any atom is -0.361 e. The number of rotatable bonds is 3. The zero-order chi connectivity index (χ0) is 13.1. The maximum atomic E-state index is 11.8. The van der Waals surface area contributed by atoms with E-state index >= 15 is 0 Å². The summed E-state index contributed by atoms with van der Waals surface area (Å²) in [6, 6.07) is 1.73. The molecule has 0 spiro atoms. The third kappa shape index (κ3) is 4.89. The molecular formula is C12H21N3O2. The predicted molar refractivity (Wildman–Crippen MR) is 65.6 cm³/mol. The monoisotopic (exact) mass is 239 g/mol. The van der Waals surface area contributed by atoms with Gasteiger partial charge in [-0.1, -0.05) is 25.9 Å². The molecule has 0 unspecified atom stereocenters. The van der Waals surface area contributed by atoms with Gasteiger partial charge < -0.3 is 14.7 Å². The second kappa shape index (κ2) is 5.21. The van der Waals surface area contributed by atoms with Gasteiger partial charge in [0.15, 0.2) is 0 Å². The zero-order valence-electron chi connectivity index (χ0n) is 11.2. The van der Waals surface area contributed by atoms with E-state index in [0.717, 1.165) is 11.5 Å². The molecule has 1 N–H and O–H groups in total.